The Morgan fingerprint density at radius 3 is 2.68 bits per heavy atom. The van der Waals surface area contributed by atoms with Crippen LogP contribution in [-0.4, -0.2) is 49.1 Å². The van der Waals surface area contributed by atoms with Gasteiger partial charge < -0.3 is 15.5 Å². The number of rotatable bonds is 5. The first-order valence-corrected chi connectivity index (χ1v) is 7.94. The maximum atomic E-state index is 11.1. The summed E-state index contributed by atoms with van der Waals surface area (Å²) in [6.45, 7) is 9.14. The van der Waals surface area contributed by atoms with Crippen molar-refractivity contribution >= 4 is 5.91 Å². The molecule has 2 heterocycles. The molecule has 110 valence electrons. The molecule has 2 N–H and O–H groups in total. The van der Waals surface area contributed by atoms with E-state index < -0.39 is 0 Å². The van der Waals surface area contributed by atoms with E-state index in [-0.39, 0.29) is 5.91 Å². The van der Waals surface area contributed by atoms with Crippen LogP contribution in [0.5, 0.6) is 0 Å². The van der Waals surface area contributed by atoms with Crippen LogP contribution >= 0.6 is 0 Å². The third-order valence-corrected chi connectivity index (χ3v) is 4.64. The molecule has 0 aromatic rings. The van der Waals surface area contributed by atoms with Crippen molar-refractivity contribution in [2.75, 3.05) is 26.2 Å². The molecule has 0 aromatic carbocycles. The van der Waals surface area contributed by atoms with Gasteiger partial charge in [-0.05, 0) is 58.2 Å². The average molecular weight is 267 g/mol. The lowest BCUT2D eigenvalue weighted by molar-refractivity contribution is -0.122. The van der Waals surface area contributed by atoms with Crippen LogP contribution in [0.4, 0.5) is 0 Å². The van der Waals surface area contributed by atoms with Crippen molar-refractivity contribution in [1.82, 2.24) is 15.5 Å². The molecule has 2 unspecified atom stereocenters. The van der Waals surface area contributed by atoms with Crippen LogP contribution in [-0.2, 0) is 4.79 Å². The van der Waals surface area contributed by atoms with E-state index in [1.54, 1.807) is 0 Å². The van der Waals surface area contributed by atoms with Gasteiger partial charge in [0.1, 0.15) is 0 Å². The van der Waals surface area contributed by atoms with E-state index in [2.05, 4.69) is 29.4 Å². The molecule has 2 aliphatic rings. The minimum atomic E-state index is 0.207. The van der Waals surface area contributed by atoms with Gasteiger partial charge in [-0.1, -0.05) is 6.92 Å². The van der Waals surface area contributed by atoms with Crippen LogP contribution < -0.4 is 10.6 Å². The Labute approximate surface area is 117 Å². The fourth-order valence-electron chi connectivity index (χ4n) is 3.38. The molecule has 2 rings (SSSR count). The van der Waals surface area contributed by atoms with Gasteiger partial charge in [0.25, 0.3) is 0 Å². The largest absolute Gasteiger partial charge is 0.355 e. The fraction of sp³-hybridized carbons (Fsp3) is 0.933. The topological polar surface area (TPSA) is 44.4 Å². The summed E-state index contributed by atoms with van der Waals surface area (Å²) in [5.41, 5.74) is 0. The lowest BCUT2D eigenvalue weighted by Gasteiger charge is -2.37. The first-order valence-electron chi connectivity index (χ1n) is 7.94. The summed E-state index contributed by atoms with van der Waals surface area (Å²) in [5.74, 6) is 1.00. The molecule has 2 saturated heterocycles. The van der Waals surface area contributed by atoms with Gasteiger partial charge in [-0.2, -0.15) is 0 Å². The number of nitrogens with one attached hydrogen (secondary N) is 2. The van der Waals surface area contributed by atoms with Crippen molar-refractivity contribution in [2.24, 2.45) is 5.92 Å². The van der Waals surface area contributed by atoms with Gasteiger partial charge in [-0.25, -0.2) is 0 Å². The second kappa shape index (κ2) is 7.25. The first-order chi connectivity index (χ1) is 9.19. The Kier molecular flexibility index (Phi) is 5.64. The Hall–Kier alpha value is -0.610. The maximum absolute atomic E-state index is 11.1. The smallest absolute Gasteiger partial charge is 0.220 e. The summed E-state index contributed by atoms with van der Waals surface area (Å²) in [6, 6.07) is 1.05. The van der Waals surface area contributed by atoms with Gasteiger partial charge in [-0.15, -0.1) is 0 Å². The predicted molar refractivity (Wildman–Crippen MR) is 78.1 cm³/mol. The van der Waals surface area contributed by atoms with E-state index in [1.165, 1.54) is 38.9 Å². The number of hydrogen-bond donors (Lipinski definition) is 2. The first kappa shape index (κ1) is 14.8. The number of likely N-dealkylation sites (tertiary alicyclic amines) is 1. The summed E-state index contributed by atoms with van der Waals surface area (Å²) in [6.07, 6.45) is 5.56. The number of carbonyl (C=O) groups excluding carboxylic acids is 1. The minimum Gasteiger partial charge on any atom is -0.355 e. The van der Waals surface area contributed by atoms with Gasteiger partial charge in [0.2, 0.25) is 5.91 Å². The quantitative estimate of drug-likeness (QED) is 0.790. The lowest BCUT2D eigenvalue weighted by Crippen LogP contribution is -2.51. The highest BCUT2D eigenvalue weighted by molar-refractivity contribution is 5.76. The zero-order valence-electron chi connectivity index (χ0n) is 12.5. The van der Waals surface area contributed by atoms with E-state index in [0.717, 1.165) is 18.9 Å². The van der Waals surface area contributed by atoms with Crippen LogP contribution in [0.2, 0.25) is 0 Å². The van der Waals surface area contributed by atoms with Crippen molar-refractivity contribution in [3.05, 3.63) is 0 Å². The van der Waals surface area contributed by atoms with E-state index >= 15 is 0 Å². The molecular weight excluding hydrogens is 238 g/mol. The summed E-state index contributed by atoms with van der Waals surface area (Å²) in [7, 11) is 0. The van der Waals surface area contributed by atoms with E-state index in [1.807, 2.05) is 0 Å². The van der Waals surface area contributed by atoms with Crippen molar-refractivity contribution < 1.29 is 4.79 Å². The third kappa shape index (κ3) is 4.46. The molecule has 4 nitrogen and oxygen atoms in total. The number of piperidine rings is 2. The van der Waals surface area contributed by atoms with Crippen LogP contribution in [0.1, 0.15) is 46.0 Å². The maximum Gasteiger partial charge on any atom is 0.220 e. The van der Waals surface area contributed by atoms with Crippen LogP contribution in [0.25, 0.3) is 0 Å². The van der Waals surface area contributed by atoms with E-state index in [0.29, 0.717) is 18.5 Å². The van der Waals surface area contributed by atoms with Crippen molar-refractivity contribution in [1.29, 1.82) is 0 Å². The van der Waals surface area contributed by atoms with Gasteiger partial charge in [0, 0.05) is 25.0 Å². The number of carbonyl (C=O) groups is 1. The fourth-order valence-corrected chi connectivity index (χ4v) is 3.38. The van der Waals surface area contributed by atoms with Gasteiger partial charge >= 0.3 is 0 Å². The van der Waals surface area contributed by atoms with E-state index in [4.69, 9.17) is 0 Å². The second-order valence-corrected chi connectivity index (χ2v) is 6.17. The summed E-state index contributed by atoms with van der Waals surface area (Å²) in [4.78, 5) is 13.7. The molecule has 1 amide bonds. The molecule has 0 spiro atoms. The van der Waals surface area contributed by atoms with Crippen molar-refractivity contribution in [3.63, 3.8) is 0 Å². The number of hydrogen-bond acceptors (Lipinski definition) is 3. The highest BCUT2D eigenvalue weighted by atomic mass is 16.1. The highest BCUT2D eigenvalue weighted by Crippen LogP contribution is 2.21. The Morgan fingerprint density at radius 2 is 2.11 bits per heavy atom. The second-order valence-electron chi connectivity index (χ2n) is 6.17. The standard InChI is InChI=1S/C15H29N3O/c1-3-8-18-9-6-13(7-10-18)12(2)17-14-4-5-15(19)16-11-14/h12-14,17H,3-11H2,1-2H3,(H,16,19). The zero-order valence-corrected chi connectivity index (χ0v) is 12.5. The van der Waals surface area contributed by atoms with Gasteiger partial charge in [0.15, 0.2) is 0 Å². The van der Waals surface area contributed by atoms with Crippen LogP contribution in [0.3, 0.4) is 0 Å². The summed E-state index contributed by atoms with van der Waals surface area (Å²) < 4.78 is 0. The zero-order chi connectivity index (χ0) is 13.7. The summed E-state index contributed by atoms with van der Waals surface area (Å²) in [5, 5.41) is 6.68. The highest BCUT2D eigenvalue weighted by Gasteiger charge is 2.26. The lowest BCUT2D eigenvalue weighted by atomic mass is 9.89. The Bertz CT molecular complexity index is 277. The molecule has 2 fully saturated rings. The van der Waals surface area contributed by atoms with Crippen LogP contribution in [0, 0.1) is 5.92 Å². The van der Waals surface area contributed by atoms with E-state index in [9.17, 15) is 4.79 Å². The Morgan fingerprint density at radius 1 is 1.37 bits per heavy atom. The van der Waals surface area contributed by atoms with Crippen molar-refractivity contribution in [3.8, 4) is 0 Å². The number of nitrogens with zero attached hydrogens (tertiary/aromatic N) is 1. The molecule has 0 aromatic heterocycles. The van der Waals surface area contributed by atoms with Gasteiger partial charge in [0.05, 0.1) is 0 Å². The van der Waals surface area contributed by atoms with Gasteiger partial charge in [-0.3, -0.25) is 4.79 Å². The molecule has 0 radical (unpaired) electrons. The molecule has 2 aliphatic heterocycles. The minimum absolute atomic E-state index is 0.207. The normalized spacial score (nSPS) is 28.1. The van der Waals surface area contributed by atoms with Crippen LogP contribution in [0.15, 0.2) is 0 Å². The molecule has 2 atom stereocenters. The average Bonchev–Trinajstić information content (AvgIpc) is 2.42. The molecule has 0 aliphatic carbocycles. The number of amides is 1. The molecule has 19 heavy (non-hydrogen) atoms. The SMILES string of the molecule is CCCN1CCC(C(C)NC2CCC(=O)NC2)CC1. The summed E-state index contributed by atoms with van der Waals surface area (Å²) >= 11 is 0. The third-order valence-electron chi connectivity index (χ3n) is 4.64. The molecule has 0 saturated carbocycles. The van der Waals surface area contributed by atoms with Crippen molar-refractivity contribution in [2.45, 2.75) is 58.0 Å². The predicted octanol–water partition coefficient (Wildman–Crippen LogP) is 1.37. The monoisotopic (exact) mass is 267 g/mol. The Balaban J connectivity index is 1.69. The molecule has 4 heteroatoms. The molecular formula is C15H29N3O. The molecule has 0 bridgehead atoms.